The van der Waals surface area contributed by atoms with Crippen molar-refractivity contribution in [3.8, 4) is 0 Å². The number of benzene rings is 1. The fourth-order valence-corrected chi connectivity index (χ4v) is 2.86. The summed E-state index contributed by atoms with van der Waals surface area (Å²) in [5, 5.41) is 18.9. The molecular formula is C16H21N7O2. The van der Waals surface area contributed by atoms with Crippen molar-refractivity contribution in [1.82, 2.24) is 36.2 Å². The number of aryl methyl sites for hydroxylation is 1. The third-order valence-electron chi connectivity index (χ3n) is 4.29. The molecule has 0 radical (unpaired) electrons. The highest BCUT2D eigenvalue weighted by Gasteiger charge is 2.31. The summed E-state index contributed by atoms with van der Waals surface area (Å²) < 4.78 is 0. The molecule has 1 fully saturated rings. The van der Waals surface area contributed by atoms with Crippen LogP contribution in [0.2, 0.25) is 0 Å². The highest BCUT2D eigenvalue weighted by molar-refractivity contribution is 5.88. The number of hydrogen-bond donors (Lipinski definition) is 3. The van der Waals surface area contributed by atoms with Gasteiger partial charge in [0.15, 0.2) is 5.82 Å². The average molecular weight is 343 g/mol. The van der Waals surface area contributed by atoms with E-state index in [0.717, 1.165) is 5.56 Å². The molecule has 9 nitrogen and oxygen atoms in total. The first-order valence-electron chi connectivity index (χ1n) is 8.19. The summed E-state index contributed by atoms with van der Waals surface area (Å²) in [4.78, 5) is 26.5. The number of aromatic nitrogens is 4. The van der Waals surface area contributed by atoms with Gasteiger partial charge in [0.2, 0.25) is 11.8 Å². The predicted molar refractivity (Wildman–Crippen MR) is 89.0 cm³/mol. The van der Waals surface area contributed by atoms with E-state index >= 15 is 0 Å². The summed E-state index contributed by atoms with van der Waals surface area (Å²) in [7, 11) is 0. The number of nitrogens with one attached hydrogen (secondary N) is 3. The molecule has 0 saturated carbocycles. The zero-order valence-corrected chi connectivity index (χ0v) is 14.0. The Labute approximate surface area is 145 Å². The molecule has 132 valence electrons. The van der Waals surface area contributed by atoms with Gasteiger partial charge in [-0.05, 0) is 18.1 Å². The van der Waals surface area contributed by atoms with Crippen LogP contribution >= 0.6 is 0 Å². The molecule has 3 N–H and O–H groups in total. The third-order valence-corrected chi connectivity index (χ3v) is 4.29. The Bertz CT molecular complexity index is 732. The monoisotopic (exact) mass is 343 g/mol. The maximum atomic E-state index is 12.3. The molecule has 3 rings (SSSR count). The summed E-state index contributed by atoms with van der Waals surface area (Å²) in [6.45, 7) is 4.17. The largest absolute Gasteiger partial charge is 0.353 e. The lowest BCUT2D eigenvalue weighted by atomic mass is 10.0. The second-order valence-electron chi connectivity index (χ2n) is 6.01. The molecule has 0 aliphatic carbocycles. The van der Waals surface area contributed by atoms with E-state index in [-0.39, 0.29) is 24.8 Å². The molecule has 2 amide bonds. The van der Waals surface area contributed by atoms with Gasteiger partial charge in [-0.1, -0.05) is 29.5 Å². The molecule has 1 atom stereocenters. The van der Waals surface area contributed by atoms with Gasteiger partial charge in [0.25, 0.3) is 0 Å². The maximum Gasteiger partial charge on any atom is 0.237 e. The smallest absolute Gasteiger partial charge is 0.237 e. The number of amides is 2. The number of carbonyl (C=O) groups is 2. The van der Waals surface area contributed by atoms with Crippen LogP contribution in [0.4, 0.5) is 0 Å². The van der Waals surface area contributed by atoms with Crippen molar-refractivity contribution in [3.63, 3.8) is 0 Å². The number of tetrazole rings is 1. The van der Waals surface area contributed by atoms with Crippen molar-refractivity contribution in [1.29, 1.82) is 0 Å². The molecule has 0 unspecified atom stereocenters. The maximum absolute atomic E-state index is 12.3. The third kappa shape index (κ3) is 4.38. The molecule has 1 aromatic heterocycles. The van der Waals surface area contributed by atoms with Crippen LogP contribution in [0.5, 0.6) is 0 Å². The first-order valence-corrected chi connectivity index (χ1v) is 8.19. The van der Waals surface area contributed by atoms with E-state index in [2.05, 4.69) is 42.2 Å². The molecule has 9 heteroatoms. The molecule has 25 heavy (non-hydrogen) atoms. The van der Waals surface area contributed by atoms with Gasteiger partial charge in [0.05, 0.1) is 19.0 Å². The molecule has 0 bridgehead atoms. The molecular weight excluding hydrogens is 322 g/mol. The van der Waals surface area contributed by atoms with Crippen molar-refractivity contribution in [2.75, 3.05) is 13.1 Å². The number of nitrogens with zero attached hydrogens (tertiary/aromatic N) is 4. The van der Waals surface area contributed by atoms with E-state index in [9.17, 15) is 9.59 Å². The Morgan fingerprint density at radius 1 is 1.40 bits per heavy atom. The van der Waals surface area contributed by atoms with Crippen molar-refractivity contribution >= 4 is 11.8 Å². The summed E-state index contributed by atoms with van der Waals surface area (Å²) >= 11 is 0. The quantitative estimate of drug-likeness (QED) is 0.652. The van der Waals surface area contributed by atoms with Crippen molar-refractivity contribution < 1.29 is 9.59 Å². The van der Waals surface area contributed by atoms with Gasteiger partial charge in [0, 0.05) is 19.6 Å². The summed E-state index contributed by atoms with van der Waals surface area (Å²) in [6, 6.07) is 7.59. The normalized spacial score (nSPS) is 18.0. The van der Waals surface area contributed by atoms with Crippen molar-refractivity contribution in [2.45, 2.75) is 32.5 Å². The van der Waals surface area contributed by atoms with Gasteiger partial charge in [-0.25, -0.2) is 0 Å². The van der Waals surface area contributed by atoms with E-state index in [1.54, 1.807) is 0 Å². The SMILES string of the molecule is Cc1ccccc1CN1CCNC(=O)[C@@H]1CC(=O)NCc1nn[nH]n1. The Hall–Kier alpha value is -2.81. The topological polar surface area (TPSA) is 116 Å². The fraction of sp³-hybridized carbons (Fsp3) is 0.438. The lowest BCUT2D eigenvalue weighted by molar-refractivity contribution is -0.134. The molecule has 0 spiro atoms. The van der Waals surface area contributed by atoms with Crippen LogP contribution < -0.4 is 10.6 Å². The summed E-state index contributed by atoms with van der Waals surface area (Å²) in [5.41, 5.74) is 2.34. The number of rotatable bonds is 6. The number of aromatic amines is 1. The van der Waals surface area contributed by atoms with E-state index < -0.39 is 6.04 Å². The Balaban J connectivity index is 1.62. The van der Waals surface area contributed by atoms with Gasteiger partial charge in [-0.3, -0.25) is 14.5 Å². The molecule has 1 saturated heterocycles. The van der Waals surface area contributed by atoms with Crippen LogP contribution in [-0.4, -0.2) is 56.5 Å². The van der Waals surface area contributed by atoms with Gasteiger partial charge in [-0.15, -0.1) is 10.2 Å². The van der Waals surface area contributed by atoms with Crippen LogP contribution in [0.25, 0.3) is 0 Å². The van der Waals surface area contributed by atoms with Crippen LogP contribution in [0, 0.1) is 6.92 Å². The molecule has 2 heterocycles. The average Bonchev–Trinajstić information content (AvgIpc) is 3.12. The number of hydrogen-bond acceptors (Lipinski definition) is 6. The Kier molecular flexibility index (Phi) is 5.34. The predicted octanol–water partition coefficient (Wildman–Crippen LogP) is -0.485. The van der Waals surface area contributed by atoms with Crippen LogP contribution in [-0.2, 0) is 22.7 Å². The van der Waals surface area contributed by atoms with Gasteiger partial charge in [-0.2, -0.15) is 5.21 Å². The van der Waals surface area contributed by atoms with E-state index in [1.807, 2.05) is 25.1 Å². The second-order valence-corrected chi connectivity index (χ2v) is 6.01. The molecule has 1 aliphatic rings. The standard InChI is InChI=1S/C16H21N7O2/c1-11-4-2-3-5-12(11)10-23-7-6-17-16(25)13(23)8-15(24)18-9-14-19-21-22-20-14/h2-5,13H,6-10H2,1H3,(H,17,25)(H,18,24)(H,19,20,21,22)/t13-/m0/s1. The number of piperazine rings is 1. The van der Waals surface area contributed by atoms with E-state index in [1.165, 1.54) is 5.56 Å². The summed E-state index contributed by atoms with van der Waals surface area (Å²) in [6.07, 6.45) is 0.0928. The first-order chi connectivity index (χ1) is 12.1. The van der Waals surface area contributed by atoms with Gasteiger partial charge < -0.3 is 10.6 Å². The van der Waals surface area contributed by atoms with Gasteiger partial charge >= 0.3 is 0 Å². The highest BCUT2D eigenvalue weighted by atomic mass is 16.2. The zero-order valence-electron chi connectivity index (χ0n) is 14.0. The molecule has 1 aliphatic heterocycles. The van der Waals surface area contributed by atoms with E-state index in [0.29, 0.717) is 25.5 Å². The molecule has 2 aromatic rings. The van der Waals surface area contributed by atoms with Gasteiger partial charge in [0.1, 0.15) is 0 Å². The van der Waals surface area contributed by atoms with E-state index in [4.69, 9.17) is 0 Å². The highest BCUT2D eigenvalue weighted by Crippen LogP contribution is 2.16. The number of H-pyrrole nitrogens is 1. The fourth-order valence-electron chi connectivity index (χ4n) is 2.86. The van der Waals surface area contributed by atoms with Crippen LogP contribution in [0.3, 0.4) is 0 Å². The minimum atomic E-state index is -0.487. The van der Waals surface area contributed by atoms with Crippen LogP contribution in [0.15, 0.2) is 24.3 Å². The number of carbonyl (C=O) groups excluding carboxylic acids is 2. The zero-order chi connectivity index (χ0) is 17.6. The first kappa shape index (κ1) is 17.0. The minimum absolute atomic E-state index is 0.0928. The lowest BCUT2D eigenvalue weighted by Gasteiger charge is -2.35. The lowest BCUT2D eigenvalue weighted by Crippen LogP contribution is -2.56. The Morgan fingerprint density at radius 2 is 2.24 bits per heavy atom. The van der Waals surface area contributed by atoms with Crippen molar-refractivity contribution in [2.24, 2.45) is 0 Å². The molecule has 1 aromatic carbocycles. The van der Waals surface area contributed by atoms with Crippen molar-refractivity contribution in [3.05, 3.63) is 41.2 Å². The minimum Gasteiger partial charge on any atom is -0.353 e. The van der Waals surface area contributed by atoms with Crippen LogP contribution in [0.1, 0.15) is 23.4 Å². The second kappa shape index (κ2) is 7.84. The summed E-state index contributed by atoms with van der Waals surface area (Å²) in [5.74, 6) is 0.0643. The Morgan fingerprint density at radius 3 is 3.00 bits per heavy atom.